The van der Waals surface area contributed by atoms with Crippen LogP contribution in [0.25, 0.3) is 0 Å². The fraction of sp³-hybridized carbons (Fsp3) is 0.105. The molecule has 1 atom stereocenters. The number of nitrogens with one attached hydrogen (secondary N) is 1. The Balaban J connectivity index is 1.91. The van der Waals surface area contributed by atoms with Crippen molar-refractivity contribution in [1.29, 1.82) is 0 Å². The molecule has 23 heavy (non-hydrogen) atoms. The second-order valence-electron chi connectivity index (χ2n) is 5.10. The summed E-state index contributed by atoms with van der Waals surface area (Å²) in [5.41, 5.74) is 2.49. The molecule has 2 aromatic carbocycles. The lowest BCUT2D eigenvalue weighted by atomic mass is 9.98. The number of furan rings is 1. The average molecular weight is 307 g/mol. The van der Waals surface area contributed by atoms with E-state index in [1.165, 1.54) is 12.5 Å². The van der Waals surface area contributed by atoms with Gasteiger partial charge in [-0.3, -0.25) is 4.79 Å². The highest BCUT2D eigenvalue weighted by Crippen LogP contribution is 2.24. The van der Waals surface area contributed by atoms with Crippen LogP contribution in [0.4, 0.5) is 0 Å². The zero-order valence-corrected chi connectivity index (χ0v) is 12.7. The van der Waals surface area contributed by atoms with Gasteiger partial charge in [0, 0.05) is 0 Å². The van der Waals surface area contributed by atoms with Gasteiger partial charge in [-0.15, -0.1) is 0 Å². The fourth-order valence-electron chi connectivity index (χ4n) is 2.41. The third-order valence-corrected chi connectivity index (χ3v) is 3.64. The average Bonchev–Trinajstić information content (AvgIpc) is 3.15. The molecular weight excluding hydrogens is 290 g/mol. The number of carbonyl (C=O) groups is 1. The van der Waals surface area contributed by atoms with Crippen molar-refractivity contribution in [3.63, 3.8) is 0 Å². The van der Waals surface area contributed by atoms with E-state index in [1.54, 1.807) is 13.2 Å². The van der Waals surface area contributed by atoms with Crippen LogP contribution in [-0.4, -0.2) is 13.0 Å². The van der Waals surface area contributed by atoms with Gasteiger partial charge in [0.15, 0.2) is 0 Å². The lowest BCUT2D eigenvalue weighted by Gasteiger charge is -2.20. The Bertz CT molecular complexity index is 749. The summed E-state index contributed by atoms with van der Waals surface area (Å²) in [6.07, 6.45) is 2.92. The first kappa shape index (κ1) is 14.9. The van der Waals surface area contributed by atoms with E-state index in [1.807, 2.05) is 54.6 Å². The Labute approximate surface area is 134 Å². The topological polar surface area (TPSA) is 51.5 Å². The minimum absolute atomic E-state index is 0.177. The first-order valence-corrected chi connectivity index (χ1v) is 7.30. The summed E-state index contributed by atoms with van der Waals surface area (Å²) in [7, 11) is 1.63. The molecule has 1 unspecified atom stereocenters. The summed E-state index contributed by atoms with van der Waals surface area (Å²) in [4.78, 5) is 12.4. The predicted octanol–water partition coefficient (Wildman–Crippen LogP) is 3.81. The Kier molecular flexibility index (Phi) is 4.43. The zero-order chi connectivity index (χ0) is 16.1. The van der Waals surface area contributed by atoms with E-state index >= 15 is 0 Å². The van der Waals surface area contributed by atoms with E-state index in [4.69, 9.17) is 9.15 Å². The van der Waals surface area contributed by atoms with Crippen molar-refractivity contribution in [3.8, 4) is 5.75 Å². The number of ether oxygens (including phenoxy) is 1. The van der Waals surface area contributed by atoms with Gasteiger partial charge in [0.25, 0.3) is 5.91 Å². The van der Waals surface area contributed by atoms with Crippen molar-refractivity contribution in [2.24, 2.45) is 0 Å². The van der Waals surface area contributed by atoms with Crippen molar-refractivity contribution in [1.82, 2.24) is 5.32 Å². The summed E-state index contributed by atoms with van der Waals surface area (Å²) >= 11 is 0. The van der Waals surface area contributed by atoms with Gasteiger partial charge in [-0.25, -0.2) is 0 Å². The van der Waals surface area contributed by atoms with Gasteiger partial charge in [-0.2, -0.15) is 0 Å². The van der Waals surface area contributed by atoms with Gasteiger partial charge in [-0.05, 0) is 29.3 Å². The van der Waals surface area contributed by atoms with Gasteiger partial charge in [0.1, 0.15) is 12.0 Å². The molecule has 0 spiro atoms. The Morgan fingerprint density at radius 2 is 1.70 bits per heavy atom. The normalized spacial score (nSPS) is 11.7. The van der Waals surface area contributed by atoms with E-state index in [0.29, 0.717) is 5.56 Å². The summed E-state index contributed by atoms with van der Waals surface area (Å²) in [5, 5.41) is 3.05. The van der Waals surface area contributed by atoms with Gasteiger partial charge in [0.05, 0.1) is 25.0 Å². The third-order valence-electron chi connectivity index (χ3n) is 3.64. The first-order valence-electron chi connectivity index (χ1n) is 7.30. The molecular formula is C19H17NO3. The molecule has 0 aliphatic rings. The summed E-state index contributed by atoms with van der Waals surface area (Å²) in [6, 6.07) is 18.9. The van der Waals surface area contributed by atoms with Crippen molar-refractivity contribution in [3.05, 3.63) is 89.9 Å². The van der Waals surface area contributed by atoms with E-state index in [-0.39, 0.29) is 11.9 Å². The van der Waals surface area contributed by atoms with Crippen molar-refractivity contribution in [2.45, 2.75) is 6.04 Å². The second kappa shape index (κ2) is 6.83. The lowest BCUT2D eigenvalue weighted by molar-refractivity contribution is 0.0942. The molecule has 4 heteroatoms. The van der Waals surface area contributed by atoms with E-state index in [0.717, 1.165) is 16.9 Å². The van der Waals surface area contributed by atoms with Crippen LogP contribution in [0.3, 0.4) is 0 Å². The maximum absolute atomic E-state index is 12.4. The maximum Gasteiger partial charge on any atom is 0.255 e. The quantitative estimate of drug-likeness (QED) is 0.780. The second-order valence-corrected chi connectivity index (χ2v) is 5.10. The van der Waals surface area contributed by atoms with Crippen LogP contribution >= 0.6 is 0 Å². The smallest absolute Gasteiger partial charge is 0.255 e. The summed E-state index contributed by atoms with van der Waals surface area (Å²) < 4.78 is 10.2. The van der Waals surface area contributed by atoms with Crippen LogP contribution < -0.4 is 10.1 Å². The minimum atomic E-state index is -0.246. The molecule has 1 amide bonds. The Hall–Kier alpha value is -3.01. The highest BCUT2D eigenvalue weighted by molar-refractivity contribution is 5.94. The molecule has 1 aromatic heterocycles. The predicted molar refractivity (Wildman–Crippen MR) is 87.5 cm³/mol. The van der Waals surface area contributed by atoms with Crippen molar-refractivity contribution >= 4 is 5.91 Å². The standard InChI is InChI=1S/C19H17NO3/c1-22-17-9-7-15(8-10-17)18(14-5-3-2-4-6-14)20-19(21)16-11-12-23-13-16/h2-13,18H,1H3,(H,20,21). The Morgan fingerprint density at radius 3 is 2.30 bits per heavy atom. The number of benzene rings is 2. The van der Waals surface area contributed by atoms with Crippen LogP contribution in [0, 0.1) is 0 Å². The number of rotatable bonds is 5. The van der Waals surface area contributed by atoms with Gasteiger partial charge in [0.2, 0.25) is 0 Å². The number of hydrogen-bond donors (Lipinski definition) is 1. The molecule has 1 N–H and O–H groups in total. The summed E-state index contributed by atoms with van der Waals surface area (Å²) in [6.45, 7) is 0. The molecule has 0 fully saturated rings. The molecule has 116 valence electrons. The first-order chi connectivity index (χ1) is 11.3. The van der Waals surface area contributed by atoms with Crippen LogP contribution in [0.5, 0.6) is 5.75 Å². The molecule has 0 aliphatic carbocycles. The lowest BCUT2D eigenvalue weighted by Crippen LogP contribution is -2.29. The SMILES string of the molecule is COc1ccc(C(NC(=O)c2ccoc2)c2ccccc2)cc1. The molecule has 3 aromatic rings. The van der Waals surface area contributed by atoms with Gasteiger partial charge < -0.3 is 14.5 Å². The van der Waals surface area contributed by atoms with Crippen LogP contribution in [0.15, 0.2) is 77.6 Å². The van der Waals surface area contributed by atoms with Gasteiger partial charge >= 0.3 is 0 Å². The highest BCUT2D eigenvalue weighted by Gasteiger charge is 2.18. The molecule has 0 saturated carbocycles. The molecule has 4 nitrogen and oxygen atoms in total. The Morgan fingerprint density at radius 1 is 1.00 bits per heavy atom. The molecule has 3 rings (SSSR count). The molecule has 0 radical (unpaired) electrons. The number of carbonyl (C=O) groups excluding carboxylic acids is 1. The third kappa shape index (κ3) is 3.43. The molecule has 0 aliphatic heterocycles. The minimum Gasteiger partial charge on any atom is -0.497 e. The summed E-state index contributed by atoms with van der Waals surface area (Å²) in [5.74, 6) is 0.602. The van der Waals surface area contributed by atoms with E-state index in [9.17, 15) is 4.79 Å². The molecule has 0 saturated heterocycles. The molecule has 0 bridgehead atoms. The van der Waals surface area contributed by atoms with Crippen LogP contribution in [-0.2, 0) is 0 Å². The van der Waals surface area contributed by atoms with E-state index < -0.39 is 0 Å². The van der Waals surface area contributed by atoms with Crippen molar-refractivity contribution in [2.75, 3.05) is 7.11 Å². The highest BCUT2D eigenvalue weighted by atomic mass is 16.5. The van der Waals surface area contributed by atoms with Gasteiger partial charge in [-0.1, -0.05) is 42.5 Å². The van der Waals surface area contributed by atoms with Crippen LogP contribution in [0.1, 0.15) is 27.5 Å². The zero-order valence-electron chi connectivity index (χ0n) is 12.7. The number of amides is 1. The molecule has 1 heterocycles. The monoisotopic (exact) mass is 307 g/mol. The van der Waals surface area contributed by atoms with Crippen molar-refractivity contribution < 1.29 is 13.9 Å². The fourth-order valence-corrected chi connectivity index (χ4v) is 2.41. The van der Waals surface area contributed by atoms with Crippen LogP contribution in [0.2, 0.25) is 0 Å². The van der Waals surface area contributed by atoms with E-state index in [2.05, 4.69) is 5.32 Å². The maximum atomic E-state index is 12.4. The number of methoxy groups -OCH3 is 1. The number of hydrogen-bond acceptors (Lipinski definition) is 3. The largest absolute Gasteiger partial charge is 0.497 e.